The van der Waals surface area contributed by atoms with Gasteiger partial charge in [-0.25, -0.2) is 0 Å². The van der Waals surface area contributed by atoms with E-state index in [0.717, 1.165) is 19.5 Å². The van der Waals surface area contributed by atoms with E-state index in [1.165, 1.54) is 20.3 Å². The first-order chi connectivity index (χ1) is 9.20. The van der Waals surface area contributed by atoms with Crippen LogP contribution in [0, 0.1) is 10.5 Å². The van der Waals surface area contributed by atoms with Gasteiger partial charge in [-0.3, -0.25) is 0 Å². The molecule has 0 radical (unpaired) electrons. The summed E-state index contributed by atoms with van der Waals surface area (Å²) in [5.74, 6) is 0. The molecule has 1 fully saturated rings. The lowest BCUT2D eigenvalue weighted by atomic mass is 9.69. The lowest BCUT2D eigenvalue weighted by Crippen LogP contribution is -2.58. The van der Waals surface area contributed by atoms with Crippen LogP contribution in [0.2, 0.25) is 0 Å². The number of nitrogens with one attached hydrogen (secondary N) is 1. The van der Waals surface area contributed by atoms with Gasteiger partial charge >= 0.3 is 0 Å². The molecule has 0 aliphatic carbocycles. The molecule has 2 aromatic rings. The second kappa shape index (κ2) is 5.25. The maximum atomic E-state index is 3.46. The average molecular weight is 363 g/mol. The molecule has 1 aliphatic rings. The molecule has 1 saturated heterocycles. The van der Waals surface area contributed by atoms with Crippen LogP contribution in [-0.4, -0.2) is 13.1 Å². The van der Waals surface area contributed by atoms with E-state index in [4.69, 9.17) is 0 Å². The summed E-state index contributed by atoms with van der Waals surface area (Å²) < 4.78 is 1.30. The van der Waals surface area contributed by atoms with Gasteiger partial charge in [0, 0.05) is 22.1 Å². The molecule has 0 bridgehead atoms. The van der Waals surface area contributed by atoms with Crippen molar-refractivity contribution in [2.45, 2.75) is 18.8 Å². The second-order valence-corrected chi connectivity index (χ2v) is 6.75. The van der Waals surface area contributed by atoms with Crippen molar-refractivity contribution in [2.75, 3.05) is 13.1 Å². The number of hydrogen-bond donors (Lipinski definition) is 1. The van der Waals surface area contributed by atoms with E-state index in [0.29, 0.717) is 0 Å². The van der Waals surface area contributed by atoms with Gasteiger partial charge in [-0.2, -0.15) is 0 Å². The molecule has 0 unspecified atom stereocenters. The Kier molecular flexibility index (Phi) is 3.63. The van der Waals surface area contributed by atoms with Crippen LogP contribution in [0.1, 0.15) is 16.7 Å². The number of hydrogen-bond acceptors (Lipinski definition) is 1. The lowest BCUT2D eigenvalue weighted by molar-refractivity contribution is 0.273. The molecule has 98 valence electrons. The topological polar surface area (TPSA) is 12.0 Å². The van der Waals surface area contributed by atoms with Gasteiger partial charge in [-0.05, 0) is 64.8 Å². The maximum absolute atomic E-state index is 3.46. The van der Waals surface area contributed by atoms with E-state index >= 15 is 0 Å². The van der Waals surface area contributed by atoms with Gasteiger partial charge in [0.2, 0.25) is 0 Å². The van der Waals surface area contributed by atoms with Crippen molar-refractivity contribution >= 4 is 22.6 Å². The first-order valence-corrected chi connectivity index (χ1v) is 7.79. The zero-order valence-electron chi connectivity index (χ0n) is 11.1. The van der Waals surface area contributed by atoms with E-state index in [2.05, 4.69) is 83.4 Å². The van der Waals surface area contributed by atoms with Gasteiger partial charge in [0.1, 0.15) is 0 Å². The third-order valence-electron chi connectivity index (χ3n) is 4.10. The van der Waals surface area contributed by atoms with Crippen LogP contribution in [0.4, 0.5) is 0 Å². The first kappa shape index (κ1) is 13.1. The fourth-order valence-corrected chi connectivity index (χ4v) is 3.36. The molecule has 3 rings (SSSR count). The summed E-state index contributed by atoms with van der Waals surface area (Å²) >= 11 is 2.36. The highest BCUT2D eigenvalue weighted by Gasteiger charge is 2.39. The molecule has 1 aliphatic heterocycles. The Morgan fingerprint density at radius 2 is 1.74 bits per heavy atom. The van der Waals surface area contributed by atoms with E-state index in [1.54, 1.807) is 0 Å². The van der Waals surface area contributed by atoms with Gasteiger partial charge in [-0.15, -0.1) is 0 Å². The molecule has 1 nitrogen and oxygen atoms in total. The highest BCUT2D eigenvalue weighted by atomic mass is 127. The van der Waals surface area contributed by atoms with Crippen molar-refractivity contribution in [1.29, 1.82) is 0 Å². The van der Waals surface area contributed by atoms with Crippen molar-refractivity contribution < 1.29 is 0 Å². The van der Waals surface area contributed by atoms with E-state index in [-0.39, 0.29) is 5.41 Å². The summed E-state index contributed by atoms with van der Waals surface area (Å²) in [6, 6.07) is 17.7. The van der Waals surface area contributed by atoms with Crippen molar-refractivity contribution in [2.24, 2.45) is 0 Å². The van der Waals surface area contributed by atoms with Gasteiger partial charge in [0.15, 0.2) is 0 Å². The summed E-state index contributed by atoms with van der Waals surface area (Å²) in [6.07, 6.45) is 1.13. The fraction of sp³-hybridized carbons (Fsp3) is 0.294. The van der Waals surface area contributed by atoms with Gasteiger partial charge in [0.25, 0.3) is 0 Å². The van der Waals surface area contributed by atoms with Crippen LogP contribution in [0.15, 0.2) is 48.5 Å². The smallest absolute Gasteiger partial charge is 0.0245 e. The fourth-order valence-electron chi connectivity index (χ4n) is 3.00. The summed E-state index contributed by atoms with van der Waals surface area (Å²) in [7, 11) is 0. The predicted molar refractivity (Wildman–Crippen MR) is 88.6 cm³/mol. The lowest BCUT2D eigenvalue weighted by Gasteiger charge is -2.44. The molecule has 0 atom stereocenters. The molecule has 0 spiro atoms. The minimum absolute atomic E-state index is 0.290. The Morgan fingerprint density at radius 3 is 2.32 bits per heavy atom. The number of aryl methyl sites for hydroxylation is 1. The minimum Gasteiger partial charge on any atom is -0.315 e. The highest BCUT2D eigenvalue weighted by molar-refractivity contribution is 14.1. The van der Waals surface area contributed by atoms with Crippen LogP contribution in [0.5, 0.6) is 0 Å². The van der Waals surface area contributed by atoms with Crippen molar-refractivity contribution in [3.8, 4) is 0 Å². The van der Waals surface area contributed by atoms with Crippen molar-refractivity contribution in [3.63, 3.8) is 0 Å². The van der Waals surface area contributed by atoms with Gasteiger partial charge in [0.05, 0.1) is 0 Å². The third kappa shape index (κ3) is 2.56. The van der Waals surface area contributed by atoms with E-state index < -0.39 is 0 Å². The van der Waals surface area contributed by atoms with Crippen molar-refractivity contribution in [1.82, 2.24) is 5.32 Å². The van der Waals surface area contributed by atoms with E-state index in [9.17, 15) is 0 Å². The zero-order chi connectivity index (χ0) is 13.3. The zero-order valence-corrected chi connectivity index (χ0v) is 13.3. The molecule has 19 heavy (non-hydrogen) atoms. The highest BCUT2D eigenvalue weighted by Crippen LogP contribution is 2.34. The standard InChI is InChI=1S/C17H18IN/c1-13-4-2-3-5-16(13)17(11-19-12-17)10-14-6-8-15(18)9-7-14/h2-9,19H,10-12H2,1H3. The quantitative estimate of drug-likeness (QED) is 0.821. The predicted octanol–water partition coefficient (Wildman–Crippen LogP) is 3.68. The molecule has 0 aromatic heterocycles. The van der Waals surface area contributed by atoms with Gasteiger partial charge < -0.3 is 5.32 Å². The molecule has 1 N–H and O–H groups in total. The number of rotatable bonds is 3. The average Bonchev–Trinajstić information content (AvgIpc) is 2.37. The minimum atomic E-state index is 0.290. The SMILES string of the molecule is Cc1ccccc1C1(Cc2ccc(I)cc2)CNC1. The van der Waals surface area contributed by atoms with Gasteiger partial charge in [-0.1, -0.05) is 36.4 Å². The van der Waals surface area contributed by atoms with Crippen LogP contribution in [-0.2, 0) is 11.8 Å². The first-order valence-electron chi connectivity index (χ1n) is 6.71. The molecule has 1 heterocycles. The normalized spacial score (nSPS) is 16.9. The Morgan fingerprint density at radius 1 is 1.05 bits per heavy atom. The van der Waals surface area contributed by atoms with Crippen molar-refractivity contribution in [3.05, 3.63) is 68.8 Å². The number of benzene rings is 2. The van der Waals surface area contributed by atoms with Crippen LogP contribution in [0.25, 0.3) is 0 Å². The Hall–Kier alpha value is -0.870. The summed E-state index contributed by atoms with van der Waals surface area (Å²) in [4.78, 5) is 0. The molecule has 2 heteroatoms. The Bertz CT molecular complexity index is 570. The Labute approximate surface area is 128 Å². The van der Waals surface area contributed by atoms with Crippen LogP contribution < -0.4 is 5.32 Å². The number of halogens is 1. The molecular formula is C17H18IN. The maximum Gasteiger partial charge on any atom is 0.0245 e. The monoisotopic (exact) mass is 363 g/mol. The summed E-state index contributed by atoms with van der Waals surface area (Å²) in [5, 5.41) is 3.46. The second-order valence-electron chi connectivity index (χ2n) is 5.50. The summed E-state index contributed by atoms with van der Waals surface area (Å²) in [5.41, 5.74) is 4.64. The largest absolute Gasteiger partial charge is 0.315 e. The summed E-state index contributed by atoms with van der Waals surface area (Å²) in [6.45, 7) is 4.40. The molecular weight excluding hydrogens is 345 g/mol. The van der Waals surface area contributed by atoms with Crippen LogP contribution in [0.3, 0.4) is 0 Å². The molecule has 0 saturated carbocycles. The molecule has 0 amide bonds. The third-order valence-corrected chi connectivity index (χ3v) is 4.82. The van der Waals surface area contributed by atoms with Crippen LogP contribution >= 0.6 is 22.6 Å². The van der Waals surface area contributed by atoms with E-state index in [1.807, 2.05) is 0 Å². The Balaban J connectivity index is 1.92. The molecule has 2 aromatic carbocycles.